The van der Waals surface area contributed by atoms with Gasteiger partial charge in [0.25, 0.3) is 0 Å². The summed E-state index contributed by atoms with van der Waals surface area (Å²) < 4.78 is 2.12. The molecule has 0 N–H and O–H groups in total. The number of amides is 1. The van der Waals surface area contributed by atoms with E-state index in [9.17, 15) is 4.79 Å². The monoisotopic (exact) mass is 338 g/mol. The van der Waals surface area contributed by atoms with Crippen molar-refractivity contribution in [2.24, 2.45) is 0 Å². The molecule has 4 rings (SSSR count). The molecular weight excluding hydrogens is 312 g/mol. The van der Waals surface area contributed by atoms with Crippen LogP contribution in [0.5, 0.6) is 0 Å². The zero-order valence-corrected chi connectivity index (χ0v) is 14.9. The summed E-state index contributed by atoms with van der Waals surface area (Å²) in [4.78, 5) is 18.9. The molecule has 0 unspecified atom stereocenters. The Kier molecular flexibility index (Phi) is 4.55. The van der Waals surface area contributed by atoms with Crippen LogP contribution in [0.15, 0.2) is 24.3 Å². The van der Waals surface area contributed by atoms with Crippen LogP contribution in [0.3, 0.4) is 0 Å². The van der Waals surface area contributed by atoms with E-state index in [1.165, 1.54) is 11.1 Å². The van der Waals surface area contributed by atoms with Crippen LogP contribution in [0.25, 0.3) is 0 Å². The number of carbonyl (C=O) groups is 1. The van der Waals surface area contributed by atoms with E-state index in [-0.39, 0.29) is 0 Å². The number of aromatic nitrogens is 3. The normalized spacial score (nSPS) is 18.4. The van der Waals surface area contributed by atoms with Gasteiger partial charge in [-0.25, -0.2) is 9.67 Å². The summed E-state index contributed by atoms with van der Waals surface area (Å²) in [7, 11) is 0. The van der Waals surface area contributed by atoms with Crippen molar-refractivity contribution >= 4 is 5.91 Å². The van der Waals surface area contributed by atoms with Crippen LogP contribution in [-0.2, 0) is 24.1 Å². The van der Waals surface area contributed by atoms with Gasteiger partial charge in [-0.15, -0.1) is 0 Å². The van der Waals surface area contributed by atoms with Gasteiger partial charge in [0.1, 0.15) is 11.6 Å². The van der Waals surface area contributed by atoms with Crippen LogP contribution in [0.4, 0.5) is 0 Å². The zero-order chi connectivity index (χ0) is 17.2. The van der Waals surface area contributed by atoms with Crippen LogP contribution in [0.2, 0.25) is 0 Å². The van der Waals surface area contributed by atoms with Crippen molar-refractivity contribution in [3.8, 4) is 0 Å². The third-order valence-electron chi connectivity index (χ3n) is 5.46. The summed E-state index contributed by atoms with van der Waals surface area (Å²) in [5, 5.41) is 4.68. The van der Waals surface area contributed by atoms with Gasteiger partial charge in [0.2, 0.25) is 5.91 Å². The van der Waals surface area contributed by atoms with Crippen molar-refractivity contribution < 1.29 is 4.79 Å². The number of carbonyl (C=O) groups excluding carboxylic acids is 1. The van der Waals surface area contributed by atoms with E-state index >= 15 is 0 Å². The molecule has 0 saturated carbocycles. The number of fused-ring (bicyclic) bond motifs is 1. The van der Waals surface area contributed by atoms with Crippen molar-refractivity contribution in [2.75, 3.05) is 13.1 Å². The maximum Gasteiger partial charge on any atom is 0.222 e. The van der Waals surface area contributed by atoms with Crippen LogP contribution in [0.1, 0.15) is 54.5 Å². The second-order valence-electron chi connectivity index (χ2n) is 7.29. The lowest BCUT2D eigenvalue weighted by molar-refractivity contribution is -0.130. The highest BCUT2D eigenvalue weighted by molar-refractivity contribution is 5.76. The molecule has 1 aliphatic heterocycles. The number of nitrogens with zero attached hydrogens (tertiary/aromatic N) is 4. The highest BCUT2D eigenvalue weighted by Crippen LogP contribution is 2.30. The minimum atomic E-state index is 0.300. The molecule has 1 aromatic carbocycles. The largest absolute Gasteiger partial charge is 0.342 e. The highest BCUT2D eigenvalue weighted by Gasteiger charge is 2.26. The average molecular weight is 338 g/mol. The highest BCUT2D eigenvalue weighted by atomic mass is 16.2. The fourth-order valence-corrected chi connectivity index (χ4v) is 4.16. The first kappa shape index (κ1) is 16.3. The van der Waals surface area contributed by atoms with Gasteiger partial charge in [0, 0.05) is 25.9 Å². The summed E-state index contributed by atoms with van der Waals surface area (Å²) in [5.74, 6) is 2.15. The summed E-state index contributed by atoms with van der Waals surface area (Å²) >= 11 is 0. The molecule has 1 amide bonds. The lowest BCUT2D eigenvalue weighted by Crippen LogP contribution is -2.33. The van der Waals surface area contributed by atoms with Crippen molar-refractivity contribution in [1.82, 2.24) is 19.7 Å². The van der Waals surface area contributed by atoms with Crippen molar-refractivity contribution in [3.63, 3.8) is 0 Å². The molecule has 132 valence electrons. The van der Waals surface area contributed by atoms with Crippen LogP contribution >= 0.6 is 0 Å². The quantitative estimate of drug-likeness (QED) is 0.861. The Bertz CT molecular complexity index is 742. The second-order valence-corrected chi connectivity index (χ2v) is 7.29. The van der Waals surface area contributed by atoms with E-state index in [0.29, 0.717) is 18.4 Å². The SMILES string of the molecule is Cc1nc(CCN2CCCCCC2=O)n(C2Cc3ccccc3C2)n1. The van der Waals surface area contributed by atoms with Crippen LogP contribution in [-0.4, -0.2) is 38.7 Å². The molecule has 1 fully saturated rings. The molecule has 2 aliphatic rings. The number of likely N-dealkylation sites (tertiary alicyclic amines) is 1. The van der Waals surface area contributed by atoms with E-state index in [0.717, 1.165) is 63.3 Å². The zero-order valence-electron chi connectivity index (χ0n) is 14.9. The van der Waals surface area contributed by atoms with Crippen LogP contribution in [0, 0.1) is 6.92 Å². The van der Waals surface area contributed by atoms with Gasteiger partial charge in [0.15, 0.2) is 0 Å². The summed E-state index contributed by atoms with van der Waals surface area (Å²) in [5.41, 5.74) is 2.85. The Hall–Kier alpha value is -2.17. The molecule has 0 spiro atoms. The van der Waals surface area contributed by atoms with E-state index in [1.54, 1.807) is 0 Å². The Morgan fingerprint density at radius 1 is 1.12 bits per heavy atom. The number of hydrogen-bond donors (Lipinski definition) is 0. The topological polar surface area (TPSA) is 51.0 Å². The Morgan fingerprint density at radius 2 is 1.88 bits per heavy atom. The Balaban J connectivity index is 1.47. The first-order valence-corrected chi connectivity index (χ1v) is 9.47. The first-order chi connectivity index (χ1) is 12.2. The van der Waals surface area contributed by atoms with Gasteiger partial charge in [-0.2, -0.15) is 5.10 Å². The molecule has 5 nitrogen and oxygen atoms in total. The van der Waals surface area contributed by atoms with Gasteiger partial charge in [-0.1, -0.05) is 30.7 Å². The van der Waals surface area contributed by atoms with Gasteiger partial charge in [-0.3, -0.25) is 4.79 Å². The van der Waals surface area contributed by atoms with Crippen molar-refractivity contribution in [3.05, 3.63) is 47.0 Å². The van der Waals surface area contributed by atoms with Gasteiger partial charge < -0.3 is 4.90 Å². The third kappa shape index (κ3) is 3.46. The Morgan fingerprint density at radius 3 is 2.64 bits per heavy atom. The molecule has 2 heterocycles. The molecule has 1 aromatic heterocycles. The number of rotatable bonds is 4. The number of benzene rings is 1. The number of hydrogen-bond acceptors (Lipinski definition) is 3. The lowest BCUT2D eigenvalue weighted by atomic mass is 10.1. The van der Waals surface area contributed by atoms with Crippen LogP contribution < -0.4 is 0 Å². The maximum atomic E-state index is 12.2. The van der Waals surface area contributed by atoms with E-state index in [4.69, 9.17) is 0 Å². The third-order valence-corrected chi connectivity index (χ3v) is 5.46. The minimum absolute atomic E-state index is 0.300. The van der Waals surface area contributed by atoms with E-state index in [1.807, 2.05) is 11.8 Å². The molecule has 1 aliphatic carbocycles. The molecule has 1 saturated heterocycles. The standard InChI is InChI=1S/C20H26N4O/c1-15-21-19(10-12-23-11-6-2-3-9-20(23)25)24(22-15)18-13-16-7-4-5-8-17(16)14-18/h4-5,7-8,18H,2-3,6,9-14H2,1H3. The first-order valence-electron chi connectivity index (χ1n) is 9.47. The summed E-state index contributed by atoms with van der Waals surface area (Å²) in [6.45, 7) is 3.61. The molecular formula is C20H26N4O. The van der Waals surface area contributed by atoms with Gasteiger partial charge >= 0.3 is 0 Å². The lowest BCUT2D eigenvalue weighted by Gasteiger charge is -2.21. The molecule has 25 heavy (non-hydrogen) atoms. The smallest absolute Gasteiger partial charge is 0.222 e. The summed E-state index contributed by atoms with van der Waals surface area (Å²) in [6, 6.07) is 9.01. The molecule has 0 radical (unpaired) electrons. The minimum Gasteiger partial charge on any atom is -0.342 e. The Labute approximate surface area is 149 Å². The second kappa shape index (κ2) is 6.98. The molecule has 2 aromatic rings. The van der Waals surface area contributed by atoms with Crippen molar-refractivity contribution in [2.45, 2.75) is 57.9 Å². The predicted octanol–water partition coefficient (Wildman–Crippen LogP) is 2.87. The molecule has 0 bridgehead atoms. The van der Waals surface area contributed by atoms with E-state index in [2.05, 4.69) is 39.0 Å². The fourth-order valence-electron chi connectivity index (χ4n) is 4.16. The number of aryl methyl sites for hydroxylation is 1. The molecule has 0 atom stereocenters. The maximum absolute atomic E-state index is 12.2. The summed E-state index contributed by atoms with van der Waals surface area (Å²) in [6.07, 6.45) is 6.85. The van der Waals surface area contributed by atoms with Crippen molar-refractivity contribution in [1.29, 1.82) is 0 Å². The molecule has 5 heteroatoms. The predicted molar refractivity (Wildman–Crippen MR) is 96.4 cm³/mol. The van der Waals surface area contributed by atoms with Gasteiger partial charge in [0.05, 0.1) is 6.04 Å². The van der Waals surface area contributed by atoms with E-state index < -0.39 is 0 Å². The fraction of sp³-hybridized carbons (Fsp3) is 0.550. The van der Waals surface area contributed by atoms with Gasteiger partial charge in [-0.05, 0) is 43.7 Å². The average Bonchev–Trinajstić information content (AvgIpc) is 3.13.